The number of pyridine rings is 1. The first-order chi connectivity index (χ1) is 21.7. The molecule has 10 heteroatoms. The molecule has 1 fully saturated rings. The van der Waals surface area contributed by atoms with Gasteiger partial charge in [0.1, 0.15) is 11.1 Å². The van der Waals surface area contributed by atoms with Gasteiger partial charge in [-0.25, -0.2) is 4.79 Å². The number of hydrogen-bond acceptors (Lipinski definition) is 6. The molecule has 2 N–H and O–H groups in total. The molecule has 2 atom stereocenters. The van der Waals surface area contributed by atoms with Crippen LogP contribution in [0.15, 0.2) is 98.9 Å². The van der Waals surface area contributed by atoms with E-state index in [1.807, 2.05) is 29.7 Å². The Morgan fingerprint density at radius 2 is 1.67 bits per heavy atom. The lowest BCUT2D eigenvalue weighted by Crippen LogP contribution is -2.47. The summed E-state index contributed by atoms with van der Waals surface area (Å²) in [6.07, 6.45) is 0.958. The van der Waals surface area contributed by atoms with Crippen LogP contribution in [0.5, 0.6) is 0 Å². The summed E-state index contributed by atoms with van der Waals surface area (Å²) in [6, 6.07) is 24.3. The number of carbonyl (C=O) groups excluding carboxylic acids is 2. The van der Waals surface area contributed by atoms with Crippen molar-refractivity contribution in [2.45, 2.75) is 25.8 Å². The van der Waals surface area contributed by atoms with Crippen LogP contribution in [0.3, 0.4) is 0 Å². The van der Waals surface area contributed by atoms with Crippen molar-refractivity contribution in [1.29, 1.82) is 0 Å². The normalized spacial score (nSPS) is 17.1. The highest BCUT2D eigenvalue weighted by Gasteiger charge is 2.35. The van der Waals surface area contributed by atoms with Gasteiger partial charge in [0.25, 0.3) is 17.4 Å². The van der Waals surface area contributed by atoms with Crippen molar-refractivity contribution in [3.63, 3.8) is 0 Å². The van der Waals surface area contributed by atoms with Gasteiger partial charge < -0.3 is 24.5 Å². The van der Waals surface area contributed by atoms with Crippen molar-refractivity contribution in [3.05, 3.63) is 133 Å². The third-order valence-corrected chi connectivity index (χ3v) is 8.90. The number of amides is 2. The van der Waals surface area contributed by atoms with E-state index in [9.17, 15) is 19.2 Å². The van der Waals surface area contributed by atoms with Crippen LogP contribution in [0.4, 0.5) is 17.1 Å². The molecule has 2 aliphatic rings. The monoisotopic (exact) mass is 620 g/mol. The maximum atomic E-state index is 13.6. The molecule has 0 aliphatic carbocycles. The molecule has 1 saturated heterocycles. The Bertz CT molecular complexity index is 2120. The number of benzene rings is 3. The second-order valence-electron chi connectivity index (χ2n) is 11.7. The van der Waals surface area contributed by atoms with Crippen LogP contribution in [0.2, 0.25) is 5.02 Å². The topological polar surface area (TPSA) is 114 Å². The van der Waals surface area contributed by atoms with E-state index < -0.39 is 11.5 Å². The number of fused-ring (bicyclic) bond motifs is 5. The van der Waals surface area contributed by atoms with E-state index >= 15 is 0 Å². The zero-order valence-corrected chi connectivity index (χ0v) is 25.1. The predicted molar refractivity (Wildman–Crippen MR) is 175 cm³/mol. The Morgan fingerprint density at radius 3 is 2.53 bits per heavy atom. The van der Waals surface area contributed by atoms with Crippen LogP contribution in [-0.4, -0.2) is 29.5 Å². The summed E-state index contributed by atoms with van der Waals surface area (Å²) < 4.78 is 7.28. The maximum absolute atomic E-state index is 13.6. The van der Waals surface area contributed by atoms with Gasteiger partial charge in [-0.1, -0.05) is 41.9 Å². The average molecular weight is 621 g/mol. The van der Waals surface area contributed by atoms with Crippen LogP contribution in [0, 0.1) is 12.8 Å². The first-order valence-corrected chi connectivity index (χ1v) is 15.1. The maximum Gasteiger partial charge on any atom is 0.349 e. The first kappa shape index (κ1) is 28.6. The standard InChI is InChI=1S/C35H29ClN4O5/c1-20-9-11-25(36)16-27(20)37-33(42)23-10-12-30(39-17-21-13-24(19-39)29-6-4-8-32(41)40(29)18-21)28(15-23)38-34(43)26-14-22-5-2-3-7-31(22)45-35(26)44/h2-12,14-16,21,24H,13,17-19H2,1H3,(H,37,42)(H,38,43)/t21-,24+/m1/s1. The predicted octanol–water partition coefficient (Wildman–Crippen LogP) is 6.04. The fourth-order valence-electron chi connectivity index (χ4n) is 6.48. The molecule has 45 heavy (non-hydrogen) atoms. The largest absolute Gasteiger partial charge is 0.422 e. The molecule has 5 aromatic rings. The number of rotatable bonds is 5. The molecule has 0 spiro atoms. The zero-order valence-electron chi connectivity index (χ0n) is 24.4. The Labute approximate surface area is 263 Å². The van der Waals surface area contributed by atoms with Crippen molar-refractivity contribution in [2.24, 2.45) is 5.92 Å². The van der Waals surface area contributed by atoms with Gasteiger partial charge in [-0.2, -0.15) is 0 Å². The van der Waals surface area contributed by atoms with E-state index in [1.54, 1.807) is 60.7 Å². The van der Waals surface area contributed by atoms with Crippen molar-refractivity contribution < 1.29 is 14.0 Å². The third kappa shape index (κ3) is 5.51. The SMILES string of the molecule is Cc1ccc(Cl)cc1NC(=O)c1ccc(N2C[C@H]3C[C@@H](C2)c2cccc(=O)n2C3)c(NC(=O)c2cc3ccccc3oc2=O)c1. The van der Waals surface area contributed by atoms with Crippen LogP contribution in [0.25, 0.3) is 11.0 Å². The summed E-state index contributed by atoms with van der Waals surface area (Å²) >= 11 is 6.17. The van der Waals surface area contributed by atoms with Gasteiger partial charge in [0.05, 0.1) is 11.4 Å². The number of halogens is 1. The fourth-order valence-corrected chi connectivity index (χ4v) is 6.65. The van der Waals surface area contributed by atoms with E-state index in [2.05, 4.69) is 15.5 Å². The van der Waals surface area contributed by atoms with E-state index in [-0.39, 0.29) is 28.9 Å². The number of aryl methyl sites for hydroxylation is 1. The Kier molecular flexibility index (Phi) is 7.25. The molecule has 9 nitrogen and oxygen atoms in total. The molecule has 2 aliphatic heterocycles. The lowest BCUT2D eigenvalue weighted by Gasteiger charge is -2.44. The van der Waals surface area contributed by atoms with Gasteiger partial charge in [0, 0.05) is 59.0 Å². The van der Waals surface area contributed by atoms with Crippen LogP contribution >= 0.6 is 11.6 Å². The highest BCUT2D eigenvalue weighted by molar-refractivity contribution is 6.31. The smallest absolute Gasteiger partial charge is 0.349 e. The zero-order chi connectivity index (χ0) is 31.2. The van der Waals surface area contributed by atoms with Gasteiger partial charge in [-0.15, -0.1) is 0 Å². The number of nitrogens with one attached hydrogen (secondary N) is 2. The molecule has 0 radical (unpaired) electrons. The minimum Gasteiger partial charge on any atom is -0.422 e. The van der Waals surface area contributed by atoms with Gasteiger partial charge >= 0.3 is 5.63 Å². The van der Waals surface area contributed by atoms with E-state index in [0.717, 1.165) is 17.7 Å². The molecule has 2 aromatic heterocycles. The molecular weight excluding hydrogens is 592 g/mol. The first-order valence-electron chi connectivity index (χ1n) is 14.7. The Balaban J connectivity index is 1.25. The van der Waals surface area contributed by atoms with Gasteiger partial charge in [-0.05, 0) is 73.4 Å². The number of aromatic nitrogens is 1. The summed E-state index contributed by atoms with van der Waals surface area (Å²) in [7, 11) is 0. The average Bonchev–Trinajstić information content (AvgIpc) is 3.03. The summed E-state index contributed by atoms with van der Waals surface area (Å²) in [5.41, 5.74) is 3.31. The molecule has 2 bridgehead atoms. The highest BCUT2D eigenvalue weighted by atomic mass is 35.5. The minimum atomic E-state index is -0.757. The van der Waals surface area contributed by atoms with E-state index in [4.69, 9.17) is 16.0 Å². The number of hydrogen-bond donors (Lipinski definition) is 2. The van der Waals surface area contributed by atoms with Crippen LogP contribution < -0.4 is 26.7 Å². The third-order valence-electron chi connectivity index (χ3n) is 8.66. The second-order valence-corrected chi connectivity index (χ2v) is 12.1. The summed E-state index contributed by atoms with van der Waals surface area (Å²) in [6.45, 7) is 3.76. The van der Waals surface area contributed by atoms with Crippen molar-refractivity contribution in [2.75, 3.05) is 28.6 Å². The lowest BCUT2D eigenvalue weighted by molar-refractivity contribution is 0.101. The van der Waals surface area contributed by atoms with E-state index in [0.29, 0.717) is 58.3 Å². The minimum absolute atomic E-state index is 0.00289. The summed E-state index contributed by atoms with van der Waals surface area (Å²) in [5.74, 6) is -0.679. The molecule has 4 heterocycles. The van der Waals surface area contributed by atoms with Gasteiger partial charge in [0.15, 0.2) is 0 Å². The summed E-state index contributed by atoms with van der Waals surface area (Å²) in [4.78, 5) is 54.6. The lowest BCUT2D eigenvalue weighted by atomic mass is 9.83. The number of para-hydroxylation sites is 1. The van der Waals surface area contributed by atoms with E-state index in [1.165, 1.54) is 6.07 Å². The molecule has 0 unspecified atom stereocenters. The fraction of sp³-hybridized carbons (Fsp3) is 0.200. The Hall–Kier alpha value is -5.15. The molecule has 0 saturated carbocycles. The molecule has 3 aromatic carbocycles. The number of piperidine rings is 1. The van der Waals surface area contributed by atoms with Crippen molar-refractivity contribution in [1.82, 2.24) is 4.57 Å². The molecular formula is C35H29ClN4O5. The molecule has 2 amide bonds. The second kappa shape index (κ2) is 11.4. The van der Waals surface area contributed by atoms with Gasteiger partial charge in [0.2, 0.25) is 0 Å². The number of nitrogens with zero attached hydrogens (tertiary/aromatic N) is 2. The summed E-state index contributed by atoms with van der Waals surface area (Å²) in [5, 5.41) is 6.93. The Morgan fingerprint density at radius 1 is 0.844 bits per heavy atom. The van der Waals surface area contributed by atoms with Crippen LogP contribution in [0.1, 0.15) is 44.3 Å². The quantitative estimate of drug-likeness (QED) is 0.232. The highest BCUT2D eigenvalue weighted by Crippen LogP contribution is 2.39. The number of carbonyl (C=O) groups is 2. The molecule has 226 valence electrons. The number of anilines is 3. The molecule has 7 rings (SSSR count). The van der Waals surface area contributed by atoms with Crippen molar-refractivity contribution >= 4 is 51.4 Å². The van der Waals surface area contributed by atoms with Crippen LogP contribution in [-0.2, 0) is 6.54 Å². The van der Waals surface area contributed by atoms with Crippen molar-refractivity contribution in [3.8, 4) is 0 Å². The van der Waals surface area contributed by atoms with Gasteiger partial charge in [-0.3, -0.25) is 14.4 Å².